The second-order valence-electron chi connectivity index (χ2n) is 7.53. The predicted octanol–water partition coefficient (Wildman–Crippen LogP) is 4.69. The summed E-state index contributed by atoms with van der Waals surface area (Å²) in [5.41, 5.74) is 8.44. The van der Waals surface area contributed by atoms with Gasteiger partial charge in [-0.2, -0.15) is 0 Å². The summed E-state index contributed by atoms with van der Waals surface area (Å²) in [6, 6.07) is 9.08. The molecule has 21 heavy (non-hydrogen) atoms. The average Bonchev–Trinajstić information content (AvgIpc) is 2.32. The van der Waals surface area contributed by atoms with Gasteiger partial charge in [0.05, 0.1) is 0 Å². The van der Waals surface area contributed by atoms with Crippen molar-refractivity contribution in [3.05, 3.63) is 52.7 Å². The molecule has 0 saturated carbocycles. The highest BCUT2D eigenvalue weighted by atomic mass is 14.9. The fraction of sp³-hybridized carbons (Fsp3) is 0.450. The molecule has 0 saturated heterocycles. The summed E-state index contributed by atoms with van der Waals surface area (Å²) in [5.74, 6) is 0. The molecule has 112 valence electrons. The van der Waals surface area contributed by atoms with Gasteiger partial charge in [-0.1, -0.05) is 38.5 Å². The van der Waals surface area contributed by atoms with Crippen LogP contribution in [0.25, 0.3) is 11.3 Å². The standard InChI is InChI=1S/C20H28N/c1-14-8-9-18(15(2)10-14)19-11-17(12-20(4,5)6)16(3)13-21(19)7/h8-11,13H,12H2,1-7H3/q+1. The molecule has 2 rings (SSSR count). The maximum atomic E-state index is 2.37. The van der Waals surface area contributed by atoms with Crippen molar-refractivity contribution in [3.63, 3.8) is 0 Å². The average molecular weight is 282 g/mol. The predicted molar refractivity (Wildman–Crippen MR) is 90.4 cm³/mol. The summed E-state index contributed by atoms with van der Waals surface area (Å²) in [5, 5.41) is 0. The Morgan fingerprint density at radius 2 is 1.62 bits per heavy atom. The van der Waals surface area contributed by atoms with Crippen molar-refractivity contribution in [2.24, 2.45) is 12.5 Å². The summed E-state index contributed by atoms with van der Waals surface area (Å²) in [7, 11) is 2.14. The van der Waals surface area contributed by atoms with Crippen LogP contribution in [0.5, 0.6) is 0 Å². The molecule has 1 heteroatoms. The molecule has 0 amide bonds. The van der Waals surface area contributed by atoms with Gasteiger partial charge in [0.25, 0.3) is 0 Å². The quantitative estimate of drug-likeness (QED) is 0.703. The Bertz CT molecular complexity index is 660. The summed E-state index contributed by atoms with van der Waals surface area (Å²) in [6.45, 7) is 13.5. The first-order valence-corrected chi connectivity index (χ1v) is 7.74. The molecule has 0 radical (unpaired) electrons. The molecule has 2 aromatic rings. The SMILES string of the molecule is Cc1ccc(-c2cc(CC(C)(C)C)c(C)c[n+]2C)c(C)c1. The fourth-order valence-electron chi connectivity index (χ4n) is 2.95. The van der Waals surface area contributed by atoms with Crippen molar-refractivity contribution in [1.82, 2.24) is 0 Å². The lowest BCUT2D eigenvalue weighted by atomic mass is 9.86. The normalized spacial score (nSPS) is 11.8. The Kier molecular flexibility index (Phi) is 4.22. The molecule has 0 aliphatic rings. The highest BCUT2D eigenvalue weighted by Gasteiger charge is 2.19. The van der Waals surface area contributed by atoms with Gasteiger partial charge < -0.3 is 0 Å². The molecule has 0 fully saturated rings. The van der Waals surface area contributed by atoms with Gasteiger partial charge in [-0.3, -0.25) is 0 Å². The maximum Gasteiger partial charge on any atom is 0.212 e. The van der Waals surface area contributed by atoms with Crippen LogP contribution in [0.1, 0.15) is 43.0 Å². The van der Waals surface area contributed by atoms with E-state index in [2.05, 4.69) is 83.6 Å². The summed E-state index contributed by atoms with van der Waals surface area (Å²) >= 11 is 0. The lowest BCUT2D eigenvalue weighted by Crippen LogP contribution is -2.32. The molecule has 0 aliphatic heterocycles. The molecule has 0 bridgehead atoms. The van der Waals surface area contributed by atoms with Gasteiger partial charge in [0, 0.05) is 17.2 Å². The van der Waals surface area contributed by atoms with Gasteiger partial charge in [-0.25, -0.2) is 4.57 Å². The number of hydrogen-bond donors (Lipinski definition) is 0. The van der Waals surface area contributed by atoms with Gasteiger partial charge in [-0.15, -0.1) is 0 Å². The number of rotatable bonds is 2. The van der Waals surface area contributed by atoms with Crippen LogP contribution in [0, 0.1) is 26.2 Å². The third-order valence-electron chi connectivity index (χ3n) is 3.96. The van der Waals surface area contributed by atoms with E-state index >= 15 is 0 Å². The number of aryl methyl sites for hydroxylation is 4. The number of hydrogen-bond acceptors (Lipinski definition) is 0. The summed E-state index contributed by atoms with van der Waals surface area (Å²) < 4.78 is 2.25. The van der Waals surface area contributed by atoms with Crippen LogP contribution in [0.15, 0.2) is 30.5 Å². The van der Waals surface area contributed by atoms with Crippen LogP contribution in [-0.2, 0) is 13.5 Å². The molecular weight excluding hydrogens is 254 g/mol. The first kappa shape index (κ1) is 15.8. The van der Waals surface area contributed by atoms with E-state index in [4.69, 9.17) is 0 Å². The van der Waals surface area contributed by atoms with Crippen molar-refractivity contribution in [2.75, 3.05) is 0 Å². The minimum absolute atomic E-state index is 0.310. The van der Waals surface area contributed by atoms with Crippen LogP contribution < -0.4 is 4.57 Å². The van der Waals surface area contributed by atoms with Gasteiger partial charge >= 0.3 is 0 Å². The molecule has 0 aliphatic carbocycles. The monoisotopic (exact) mass is 282 g/mol. The van der Waals surface area contributed by atoms with E-state index < -0.39 is 0 Å². The Morgan fingerprint density at radius 1 is 0.952 bits per heavy atom. The van der Waals surface area contributed by atoms with Gasteiger partial charge in [0.15, 0.2) is 6.20 Å². The van der Waals surface area contributed by atoms with E-state index in [1.165, 1.54) is 33.5 Å². The Morgan fingerprint density at radius 3 is 2.19 bits per heavy atom. The topological polar surface area (TPSA) is 3.88 Å². The summed E-state index contributed by atoms with van der Waals surface area (Å²) in [4.78, 5) is 0. The second kappa shape index (κ2) is 5.63. The molecule has 0 N–H and O–H groups in total. The highest BCUT2D eigenvalue weighted by molar-refractivity contribution is 5.62. The Hall–Kier alpha value is -1.63. The van der Waals surface area contributed by atoms with Crippen molar-refractivity contribution in [3.8, 4) is 11.3 Å². The number of pyridine rings is 1. The molecule has 1 aromatic heterocycles. The van der Waals surface area contributed by atoms with Gasteiger partial charge in [0.2, 0.25) is 5.69 Å². The van der Waals surface area contributed by atoms with Crippen LogP contribution in [0.4, 0.5) is 0 Å². The van der Waals surface area contributed by atoms with Crippen molar-refractivity contribution >= 4 is 0 Å². The maximum absolute atomic E-state index is 2.37. The third kappa shape index (κ3) is 3.72. The smallest absolute Gasteiger partial charge is 0.201 e. The third-order valence-corrected chi connectivity index (χ3v) is 3.96. The van der Waals surface area contributed by atoms with E-state index in [0.717, 1.165) is 6.42 Å². The largest absolute Gasteiger partial charge is 0.212 e. The molecule has 0 spiro atoms. The van der Waals surface area contributed by atoms with Gasteiger partial charge in [0.1, 0.15) is 7.05 Å². The molecule has 0 unspecified atom stereocenters. The van der Waals surface area contributed by atoms with Crippen molar-refractivity contribution in [2.45, 2.75) is 48.0 Å². The molecule has 0 atom stereocenters. The minimum atomic E-state index is 0.310. The Balaban J connectivity index is 2.56. The number of aromatic nitrogens is 1. The van der Waals surface area contributed by atoms with Gasteiger partial charge in [-0.05, 0) is 49.8 Å². The fourth-order valence-corrected chi connectivity index (χ4v) is 2.95. The molecule has 1 heterocycles. The number of benzene rings is 1. The Labute approximate surface area is 129 Å². The van der Waals surface area contributed by atoms with Crippen molar-refractivity contribution in [1.29, 1.82) is 0 Å². The van der Waals surface area contributed by atoms with Crippen LogP contribution >= 0.6 is 0 Å². The zero-order valence-corrected chi connectivity index (χ0v) is 14.5. The molecule has 1 nitrogen and oxygen atoms in total. The molecular formula is C20H28N+. The first-order chi connectivity index (χ1) is 9.67. The number of nitrogens with zero attached hydrogens (tertiary/aromatic N) is 1. The lowest BCUT2D eigenvalue weighted by molar-refractivity contribution is -0.660. The van der Waals surface area contributed by atoms with E-state index in [9.17, 15) is 0 Å². The van der Waals surface area contributed by atoms with Crippen LogP contribution in [-0.4, -0.2) is 0 Å². The zero-order valence-electron chi connectivity index (χ0n) is 14.5. The second-order valence-corrected chi connectivity index (χ2v) is 7.53. The van der Waals surface area contributed by atoms with Crippen LogP contribution in [0.3, 0.4) is 0 Å². The first-order valence-electron chi connectivity index (χ1n) is 7.74. The van der Waals surface area contributed by atoms with E-state index in [0.29, 0.717) is 5.41 Å². The zero-order chi connectivity index (χ0) is 15.8. The lowest BCUT2D eigenvalue weighted by Gasteiger charge is -2.19. The van der Waals surface area contributed by atoms with Crippen LogP contribution in [0.2, 0.25) is 0 Å². The minimum Gasteiger partial charge on any atom is -0.201 e. The van der Waals surface area contributed by atoms with E-state index in [-0.39, 0.29) is 0 Å². The summed E-state index contributed by atoms with van der Waals surface area (Å²) in [6.07, 6.45) is 3.37. The molecule has 1 aromatic carbocycles. The van der Waals surface area contributed by atoms with E-state index in [1.54, 1.807) is 0 Å². The van der Waals surface area contributed by atoms with Crippen molar-refractivity contribution < 1.29 is 4.57 Å². The van der Waals surface area contributed by atoms with E-state index in [1.807, 2.05) is 0 Å². The highest BCUT2D eigenvalue weighted by Crippen LogP contribution is 2.27.